The highest BCUT2D eigenvalue weighted by atomic mass is 16.5. The molecule has 2 fully saturated rings. The van der Waals surface area contributed by atoms with Gasteiger partial charge in [-0.1, -0.05) is 24.3 Å². The number of rotatable bonds is 7. The number of amides is 1. The van der Waals surface area contributed by atoms with E-state index in [4.69, 9.17) is 9.73 Å². The van der Waals surface area contributed by atoms with E-state index in [2.05, 4.69) is 48.7 Å². The molecule has 1 aromatic carbocycles. The number of benzene rings is 1. The number of hydrogen-bond acceptors (Lipinski definition) is 3. The largest absolute Gasteiger partial charge is 0.373 e. The molecule has 0 spiro atoms. The first-order valence-corrected chi connectivity index (χ1v) is 10.1. The van der Waals surface area contributed by atoms with E-state index in [1.54, 1.807) is 0 Å². The van der Waals surface area contributed by atoms with Gasteiger partial charge in [-0.25, -0.2) is 4.99 Å². The van der Waals surface area contributed by atoms with E-state index in [0.29, 0.717) is 19.5 Å². The quantitative estimate of drug-likeness (QED) is 0.570. The first-order chi connectivity index (χ1) is 13.1. The van der Waals surface area contributed by atoms with Crippen LogP contribution >= 0.6 is 0 Å². The van der Waals surface area contributed by atoms with Crippen LogP contribution in [0.15, 0.2) is 29.3 Å². The Hall–Kier alpha value is -2.08. The van der Waals surface area contributed by atoms with E-state index in [1.807, 2.05) is 4.90 Å². The van der Waals surface area contributed by atoms with Gasteiger partial charge in [0.25, 0.3) is 0 Å². The number of hydrogen-bond donors (Lipinski definition) is 2. The number of carbonyl (C=O) groups excluding carboxylic acids is 1. The van der Waals surface area contributed by atoms with Crippen molar-refractivity contribution >= 4 is 11.9 Å². The number of nitrogens with one attached hydrogen (secondary N) is 2. The summed E-state index contributed by atoms with van der Waals surface area (Å²) < 4.78 is 5.83. The van der Waals surface area contributed by atoms with E-state index in [1.165, 1.54) is 5.56 Å². The molecule has 6 heteroatoms. The van der Waals surface area contributed by atoms with Crippen LogP contribution in [0.1, 0.15) is 50.7 Å². The van der Waals surface area contributed by atoms with Crippen LogP contribution in [0.3, 0.4) is 0 Å². The lowest BCUT2D eigenvalue weighted by Gasteiger charge is -2.24. The fraction of sp³-hybridized carbons (Fsp3) is 0.619. The molecule has 0 aromatic heterocycles. The van der Waals surface area contributed by atoms with Crippen molar-refractivity contribution in [1.29, 1.82) is 0 Å². The molecule has 0 bridgehead atoms. The van der Waals surface area contributed by atoms with Gasteiger partial charge in [-0.05, 0) is 44.2 Å². The summed E-state index contributed by atoms with van der Waals surface area (Å²) in [4.78, 5) is 18.4. The lowest BCUT2D eigenvalue weighted by atomic mass is 10.0. The van der Waals surface area contributed by atoms with E-state index in [9.17, 15) is 4.79 Å². The third-order valence-electron chi connectivity index (χ3n) is 5.26. The molecule has 0 radical (unpaired) electrons. The maximum atomic E-state index is 11.7. The lowest BCUT2D eigenvalue weighted by Crippen LogP contribution is -2.45. The molecule has 2 aliphatic heterocycles. The average Bonchev–Trinajstić information content (AvgIpc) is 3.28. The first-order valence-electron chi connectivity index (χ1n) is 10.1. The van der Waals surface area contributed by atoms with Crippen LogP contribution in [-0.4, -0.2) is 48.6 Å². The molecule has 0 aliphatic carbocycles. The number of nitrogens with zero attached hydrogens (tertiary/aromatic N) is 2. The van der Waals surface area contributed by atoms with Crippen LogP contribution in [-0.2, 0) is 22.6 Å². The van der Waals surface area contributed by atoms with Gasteiger partial charge in [-0.3, -0.25) is 4.79 Å². The molecule has 6 nitrogen and oxygen atoms in total. The second kappa shape index (κ2) is 9.22. The summed E-state index contributed by atoms with van der Waals surface area (Å²) in [6.45, 7) is 8.88. The zero-order chi connectivity index (χ0) is 19.1. The molecule has 2 saturated heterocycles. The van der Waals surface area contributed by atoms with Gasteiger partial charge in [0, 0.05) is 39.2 Å². The van der Waals surface area contributed by atoms with Gasteiger partial charge in [0.05, 0.1) is 12.1 Å². The van der Waals surface area contributed by atoms with Crippen molar-refractivity contribution in [3.05, 3.63) is 35.4 Å². The minimum absolute atomic E-state index is 0.0924. The van der Waals surface area contributed by atoms with Crippen LogP contribution in [0.2, 0.25) is 0 Å². The monoisotopic (exact) mass is 372 g/mol. The van der Waals surface area contributed by atoms with Crippen molar-refractivity contribution in [3.8, 4) is 0 Å². The Balaban J connectivity index is 1.52. The molecule has 1 unspecified atom stereocenters. The number of ether oxygens (including phenoxy) is 1. The third kappa shape index (κ3) is 5.70. The zero-order valence-corrected chi connectivity index (χ0v) is 16.6. The molecular weight excluding hydrogens is 340 g/mol. The second-order valence-electron chi connectivity index (χ2n) is 7.69. The maximum Gasteiger partial charge on any atom is 0.222 e. The Morgan fingerprint density at radius 1 is 1.22 bits per heavy atom. The third-order valence-corrected chi connectivity index (χ3v) is 5.26. The summed E-state index contributed by atoms with van der Waals surface area (Å²) in [6, 6.07) is 8.41. The number of aliphatic imine (C=N–C) groups is 1. The summed E-state index contributed by atoms with van der Waals surface area (Å²) in [5.74, 6) is 1.09. The van der Waals surface area contributed by atoms with E-state index < -0.39 is 0 Å². The average molecular weight is 373 g/mol. The minimum Gasteiger partial charge on any atom is -0.373 e. The van der Waals surface area contributed by atoms with Gasteiger partial charge in [-0.2, -0.15) is 0 Å². The molecule has 2 N–H and O–H groups in total. The van der Waals surface area contributed by atoms with Crippen molar-refractivity contribution < 1.29 is 9.53 Å². The van der Waals surface area contributed by atoms with Crippen LogP contribution in [0, 0.1) is 0 Å². The SMILES string of the molecule is CCNC(=NCc1ccc(CN2CCCC2=O)cc1)NCC1(C)CCCO1. The van der Waals surface area contributed by atoms with Crippen molar-refractivity contribution in [3.63, 3.8) is 0 Å². The Labute approximate surface area is 162 Å². The maximum absolute atomic E-state index is 11.7. The topological polar surface area (TPSA) is 66.0 Å². The number of carbonyl (C=O) groups is 1. The minimum atomic E-state index is -0.0924. The molecule has 1 aromatic rings. The first kappa shape index (κ1) is 19.7. The summed E-state index contributed by atoms with van der Waals surface area (Å²) in [5, 5.41) is 6.71. The van der Waals surface area contributed by atoms with Gasteiger partial charge in [0.2, 0.25) is 5.91 Å². The predicted octanol–water partition coefficient (Wildman–Crippen LogP) is 2.43. The Morgan fingerprint density at radius 3 is 2.63 bits per heavy atom. The standard InChI is InChI=1S/C21H32N4O2/c1-3-22-20(24-16-21(2)11-5-13-27-21)23-14-17-7-9-18(10-8-17)15-25-12-4-6-19(25)26/h7-10H,3-6,11-16H2,1-2H3,(H2,22,23,24). The van der Waals surface area contributed by atoms with Gasteiger partial charge in [0.1, 0.15) is 0 Å². The van der Waals surface area contributed by atoms with Crippen molar-refractivity contribution in [2.75, 3.05) is 26.2 Å². The highest BCUT2D eigenvalue weighted by molar-refractivity contribution is 5.79. The molecule has 3 rings (SSSR count). The number of guanidine groups is 1. The molecule has 27 heavy (non-hydrogen) atoms. The van der Waals surface area contributed by atoms with E-state index in [0.717, 1.165) is 57.0 Å². The predicted molar refractivity (Wildman–Crippen MR) is 108 cm³/mol. The van der Waals surface area contributed by atoms with Crippen molar-refractivity contribution in [1.82, 2.24) is 15.5 Å². The van der Waals surface area contributed by atoms with Crippen LogP contribution in [0.5, 0.6) is 0 Å². The highest BCUT2D eigenvalue weighted by Gasteiger charge is 2.29. The Morgan fingerprint density at radius 2 is 2.00 bits per heavy atom. The van der Waals surface area contributed by atoms with Gasteiger partial charge in [-0.15, -0.1) is 0 Å². The van der Waals surface area contributed by atoms with Crippen molar-refractivity contribution in [2.45, 2.75) is 58.2 Å². The van der Waals surface area contributed by atoms with Crippen LogP contribution in [0.25, 0.3) is 0 Å². The molecule has 2 heterocycles. The normalized spacial score (nSPS) is 23.1. The summed E-state index contributed by atoms with van der Waals surface area (Å²) >= 11 is 0. The summed E-state index contributed by atoms with van der Waals surface area (Å²) in [7, 11) is 0. The Bertz CT molecular complexity index is 651. The smallest absolute Gasteiger partial charge is 0.222 e. The van der Waals surface area contributed by atoms with Gasteiger partial charge >= 0.3 is 0 Å². The molecule has 1 atom stereocenters. The fourth-order valence-corrected chi connectivity index (χ4v) is 3.60. The highest BCUT2D eigenvalue weighted by Crippen LogP contribution is 2.23. The number of likely N-dealkylation sites (tertiary alicyclic amines) is 1. The van der Waals surface area contributed by atoms with Gasteiger partial charge < -0.3 is 20.3 Å². The lowest BCUT2D eigenvalue weighted by molar-refractivity contribution is -0.128. The van der Waals surface area contributed by atoms with Gasteiger partial charge in [0.15, 0.2) is 5.96 Å². The summed E-state index contributed by atoms with van der Waals surface area (Å²) in [6.07, 6.45) is 3.88. The van der Waals surface area contributed by atoms with E-state index in [-0.39, 0.29) is 11.5 Å². The molecule has 0 saturated carbocycles. The summed E-state index contributed by atoms with van der Waals surface area (Å²) in [5.41, 5.74) is 2.24. The molecule has 148 valence electrons. The van der Waals surface area contributed by atoms with E-state index >= 15 is 0 Å². The molecule has 1 amide bonds. The van der Waals surface area contributed by atoms with Crippen LogP contribution < -0.4 is 10.6 Å². The second-order valence-corrected chi connectivity index (χ2v) is 7.69. The Kier molecular flexibility index (Phi) is 6.72. The molecule has 2 aliphatic rings. The van der Waals surface area contributed by atoms with Crippen molar-refractivity contribution in [2.24, 2.45) is 4.99 Å². The molecular formula is C21H32N4O2. The zero-order valence-electron chi connectivity index (χ0n) is 16.6. The fourth-order valence-electron chi connectivity index (χ4n) is 3.60. The van der Waals surface area contributed by atoms with Crippen LogP contribution in [0.4, 0.5) is 0 Å².